The first-order valence-electron chi connectivity index (χ1n) is 12.1. The lowest BCUT2D eigenvalue weighted by Gasteiger charge is -2.24. The normalized spacial score (nSPS) is 19.5. The first kappa shape index (κ1) is 24.5. The van der Waals surface area contributed by atoms with Gasteiger partial charge in [0.25, 0.3) is 0 Å². The van der Waals surface area contributed by atoms with Crippen LogP contribution in [0.25, 0.3) is 11.1 Å². The first-order chi connectivity index (χ1) is 16.9. The van der Waals surface area contributed by atoms with Gasteiger partial charge in [-0.15, -0.1) is 6.58 Å². The highest BCUT2D eigenvalue weighted by atomic mass is 16.5. The van der Waals surface area contributed by atoms with Gasteiger partial charge in [-0.1, -0.05) is 61.5 Å². The van der Waals surface area contributed by atoms with Gasteiger partial charge in [0.05, 0.1) is 6.42 Å². The number of rotatable bonds is 9. The van der Waals surface area contributed by atoms with Gasteiger partial charge in [0, 0.05) is 19.0 Å². The monoisotopic (exact) mass is 476 g/mol. The van der Waals surface area contributed by atoms with Crippen molar-refractivity contribution in [2.75, 3.05) is 19.7 Å². The van der Waals surface area contributed by atoms with Gasteiger partial charge in [-0.2, -0.15) is 0 Å². The first-order valence-corrected chi connectivity index (χ1v) is 12.1. The molecule has 3 atom stereocenters. The van der Waals surface area contributed by atoms with E-state index in [1.807, 2.05) is 31.2 Å². The highest BCUT2D eigenvalue weighted by Crippen LogP contribution is 2.44. The number of carbonyl (C=O) groups is 3. The smallest absolute Gasteiger partial charge is 0.407 e. The number of fused-ring (bicyclic) bond motifs is 3. The number of hydrogen-bond acceptors (Lipinski definition) is 4. The second-order valence-electron chi connectivity index (χ2n) is 9.47. The molecule has 1 saturated heterocycles. The van der Waals surface area contributed by atoms with E-state index in [0.29, 0.717) is 25.9 Å². The van der Waals surface area contributed by atoms with E-state index in [0.717, 1.165) is 22.3 Å². The van der Waals surface area contributed by atoms with Crippen molar-refractivity contribution >= 4 is 18.0 Å². The van der Waals surface area contributed by atoms with Crippen LogP contribution in [-0.4, -0.2) is 53.7 Å². The van der Waals surface area contributed by atoms with Crippen molar-refractivity contribution in [1.29, 1.82) is 0 Å². The lowest BCUT2D eigenvalue weighted by Crippen LogP contribution is -2.48. The molecule has 2 amide bonds. The number of aliphatic carboxylic acids is 1. The van der Waals surface area contributed by atoms with Crippen LogP contribution in [0.15, 0.2) is 61.2 Å². The number of hydrogen-bond donors (Lipinski definition) is 2. The number of alkyl carbamates (subject to hydrolysis) is 1. The summed E-state index contributed by atoms with van der Waals surface area (Å²) in [7, 11) is 0. The molecule has 1 aliphatic carbocycles. The molecule has 3 unspecified atom stereocenters. The SMILES string of the molecule is C=CCCC(NC(=O)OCC1c2ccccc2-c2ccccc21)C(=O)N1CC(C)C(CC(=O)O)C1. The minimum Gasteiger partial charge on any atom is -0.481 e. The van der Waals surface area contributed by atoms with E-state index in [9.17, 15) is 14.4 Å². The Hall–Kier alpha value is -3.61. The predicted octanol–water partition coefficient (Wildman–Crippen LogP) is 4.43. The molecule has 184 valence electrons. The molecule has 0 aromatic heterocycles. The fourth-order valence-corrected chi connectivity index (χ4v) is 5.25. The van der Waals surface area contributed by atoms with Gasteiger partial charge in [0.1, 0.15) is 12.6 Å². The maximum atomic E-state index is 13.2. The second-order valence-corrected chi connectivity index (χ2v) is 9.47. The minimum atomic E-state index is -0.865. The Morgan fingerprint density at radius 2 is 1.74 bits per heavy atom. The molecule has 1 heterocycles. The number of amides is 2. The van der Waals surface area contributed by atoms with Crippen LogP contribution in [0.1, 0.15) is 43.2 Å². The van der Waals surface area contributed by atoms with Crippen molar-refractivity contribution in [1.82, 2.24) is 10.2 Å². The average Bonchev–Trinajstić information content (AvgIpc) is 3.37. The highest BCUT2D eigenvalue weighted by molar-refractivity contribution is 5.86. The zero-order valence-electron chi connectivity index (χ0n) is 20.0. The summed E-state index contributed by atoms with van der Waals surface area (Å²) >= 11 is 0. The minimum absolute atomic E-state index is 0.0298. The van der Waals surface area contributed by atoms with Crippen molar-refractivity contribution < 1.29 is 24.2 Å². The molecule has 0 saturated carbocycles. The Labute approximate surface area is 205 Å². The third-order valence-electron chi connectivity index (χ3n) is 7.11. The van der Waals surface area contributed by atoms with E-state index in [4.69, 9.17) is 9.84 Å². The molecule has 35 heavy (non-hydrogen) atoms. The Morgan fingerprint density at radius 3 is 2.34 bits per heavy atom. The Bertz CT molecular complexity index is 1070. The summed E-state index contributed by atoms with van der Waals surface area (Å²) in [4.78, 5) is 38.8. The number of nitrogens with zero attached hydrogens (tertiary/aromatic N) is 1. The maximum absolute atomic E-state index is 13.2. The fraction of sp³-hybridized carbons (Fsp3) is 0.393. The molecule has 2 aliphatic rings. The van der Waals surface area contributed by atoms with Gasteiger partial charge < -0.3 is 20.1 Å². The van der Waals surface area contributed by atoms with Crippen molar-refractivity contribution in [3.05, 3.63) is 72.3 Å². The lowest BCUT2D eigenvalue weighted by atomic mass is 9.95. The fourth-order valence-electron chi connectivity index (χ4n) is 5.25. The average molecular weight is 477 g/mol. The summed E-state index contributed by atoms with van der Waals surface area (Å²) in [6.07, 6.45) is 2.06. The third-order valence-corrected chi connectivity index (χ3v) is 7.11. The molecule has 0 spiro atoms. The van der Waals surface area contributed by atoms with E-state index >= 15 is 0 Å². The van der Waals surface area contributed by atoms with Gasteiger partial charge in [0.15, 0.2) is 0 Å². The topological polar surface area (TPSA) is 95.9 Å². The molecule has 0 bridgehead atoms. The van der Waals surface area contributed by atoms with Crippen molar-refractivity contribution in [3.63, 3.8) is 0 Å². The molecule has 2 aromatic carbocycles. The number of benzene rings is 2. The van der Waals surface area contributed by atoms with Gasteiger partial charge in [0.2, 0.25) is 5.91 Å². The van der Waals surface area contributed by atoms with E-state index in [1.54, 1.807) is 11.0 Å². The number of ether oxygens (including phenoxy) is 1. The number of carbonyl (C=O) groups excluding carboxylic acids is 2. The van der Waals surface area contributed by atoms with E-state index in [2.05, 4.69) is 36.2 Å². The lowest BCUT2D eigenvalue weighted by molar-refractivity contribution is -0.138. The summed E-state index contributed by atoms with van der Waals surface area (Å²) in [5.41, 5.74) is 4.54. The van der Waals surface area contributed by atoms with E-state index in [-0.39, 0.29) is 36.7 Å². The third kappa shape index (κ3) is 5.39. The van der Waals surface area contributed by atoms with Crippen LogP contribution in [0.2, 0.25) is 0 Å². The molecule has 1 fully saturated rings. The molecule has 7 heteroatoms. The zero-order valence-corrected chi connectivity index (χ0v) is 20.0. The molecule has 7 nitrogen and oxygen atoms in total. The van der Waals surface area contributed by atoms with Crippen molar-refractivity contribution in [2.24, 2.45) is 11.8 Å². The van der Waals surface area contributed by atoms with Crippen LogP contribution in [0.3, 0.4) is 0 Å². The van der Waals surface area contributed by atoms with Crippen molar-refractivity contribution in [3.8, 4) is 11.1 Å². The summed E-state index contributed by atoms with van der Waals surface area (Å²) in [5.74, 6) is -1.14. The van der Waals surface area contributed by atoms with Gasteiger partial charge in [-0.3, -0.25) is 9.59 Å². The maximum Gasteiger partial charge on any atom is 0.407 e. The molecular formula is C28H32N2O5. The molecule has 1 aliphatic heterocycles. The molecule has 2 N–H and O–H groups in total. The van der Waals surface area contributed by atoms with Crippen LogP contribution in [-0.2, 0) is 14.3 Å². The van der Waals surface area contributed by atoms with Crippen LogP contribution >= 0.6 is 0 Å². The summed E-state index contributed by atoms with van der Waals surface area (Å²) in [6.45, 7) is 6.71. The summed E-state index contributed by atoms with van der Waals surface area (Å²) < 4.78 is 5.63. The van der Waals surface area contributed by atoms with Crippen LogP contribution in [0.5, 0.6) is 0 Å². The van der Waals surface area contributed by atoms with Crippen molar-refractivity contribution in [2.45, 2.75) is 38.1 Å². The van der Waals surface area contributed by atoms with E-state index in [1.165, 1.54) is 0 Å². The summed E-state index contributed by atoms with van der Waals surface area (Å²) in [6, 6.07) is 15.5. The number of allylic oxidation sites excluding steroid dienone is 1. The van der Waals surface area contributed by atoms with Crippen LogP contribution < -0.4 is 5.32 Å². The second kappa shape index (κ2) is 10.8. The molecule has 0 radical (unpaired) electrons. The Kier molecular flexibility index (Phi) is 7.54. The molecular weight excluding hydrogens is 444 g/mol. The van der Waals surface area contributed by atoms with Crippen LogP contribution in [0.4, 0.5) is 4.79 Å². The summed E-state index contributed by atoms with van der Waals surface area (Å²) in [5, 5.41) is 11.9. The largest absolute Gasteiger partial charge is 0.481 e. The highest BCUT2D eigenvalue weighted by Gasteiger charge is 2.37. The molecule has 4 rings (SSSR count). The quantitative estimate of drug-likeness (QED) is 0.522. The number of carboxylic acid groups (broad SMARTS) is 1. The molecule has 2 aromatic rings. The zero-order chi connectivity index (χ0) is 24.9. The number of likely N-dealkylation sites (tertiary alicyclic amines) is 1. The van der Waals surface area contributed by atoms with Gasteiger partial charge in [-0.25, -0.2) is 4.79 Å². The Morgan fingerprint density at radius 1 is 1.11 bits per heavy atom. The van der Waals surface area contributed by atoms with E-state index < -0.39 is 18.1 Å². The Balaban J connectivity index is 1.40. The number of carboxylic acids is 1. The van der Waals surface area contributed by atoms with Gasteiger partial charge in [-0.05, 0) is 46.9 Å². The standard InChI is InChI=1S/C28H32N2O5/c1-3-4-13-25(27(33)30-15-18(2)19(16-30)14-26(31)32)29-28(34)35-17-24-22-11-7-5-9-20(22)21-10-6-8-12-23(21)24/h3,5-12,18-19,24-25H,1,4,13-17H2,2H3,(H,29,34)(H,31,32). The van der Waals surface area contributed by atoms with Gasteiger partial charge >= 0.3 is 12.1 Å². The number of nitrogens with one attached hydrogen (secondary N) is 1. The predicted molar refractivity (Wildman–Crippen MR) is 133 cm³/mol. The van der Waals surface area contributed by atoms with Crippen LogP contribution in [0, 0.1) is 11.8 Å².